The molecule has 0 spiro atoms. The molecule has 25 heavy (non-hydrogen) atoms. The zero-order valence-corrected chi connectivity index (χ0v) is 15.7. The molecule has 8 heteroatoms. The largest absolute Gasteiger partial charge is 0.444 e. The van der Waals surface area contributed by atoms with Gasteiger partial charge in [0, 0.05) is 32.2 Å². The lowest BCUT2D eigenvalue weighted by atomic mass is 10.0. The van der Waals surface area contributed by atoms with Crippen LogP contribution in [0.3, 0.4) is 0 Å². The molecular weight excluding hydrogens is 324 g/mol. The summed E-state index contributed by atoms with van der Waals surface area (Å²) in [7, 11) is 1.77. The maximum absolute atomic E-state index is 12.7. The van der Waals surface area contributed by atoms with Gasteiger partial charge in [-0.05, 0) is 34.1 Å². The summed E-state index contributed by atoms with van der Waals surface area (Å²) in [6.45, 7) is 8.94. The van der Waals surface area contributed by atoms with E-state index < -0.39 is 5.60 Å². The summed E-state index contributed by atoms with van der Waals surface area (Å²) in [6, 6.07) is 0. The highest BCUT2D eigenvalue weighted by molar-refractivity contribution is 5.94. The summed E-state index contributed by atoms with van der Waals surface area (Å²) in [5.74, 6) is -0.181. The maximum atomic E-state index is 12.7. The normalized spacial score (nSPS) is 14.2. The summed E-state index contributed by atoms with van der Waals surface area (Å²) >= 11 is 0. The highest BCUT2D eigenvalue weighted by atomic mass is 16.6. The topological polar surface area (TPSA) is 87.9 Å². The quantitative estimate of drug-likeness (QED) is 0.879. The van der Waals surface area contributed by atoms with Gasteiger partial charge in [0.25, 0.3) is 5.91 Å². The van der Waals surface area contributed by atoms with Crippen LogP contribution in [0.4, 0.5) is 4.79 Å². The second kappa shape index (κ2) is 7.43. The van der Waals surface area contributed by atoms with Crippen LogP contribution in [0.15, 0.2) is 0 Å². The van der Waals surface area contributed by atoms with Crippen molar-refractivity contribution in [1.29, 1.82) is 0 Å². The SMILES string of the molecule is CCN(CCO)C(=O)c1nn(C)c2c1CCN(C(=O)OC(C)(C)C)C2. The smallest absolute Gasteiger partial charge is 0.410 e. The van der Waals surface area contributed by atoms with Crippen molar-refractivity contribution in [3.05, 3.63) is 17.0 Å². The average molecular weight is 352 g/mol. The second-order valence-electron chi connectivity index (χ2n) is 7.16. The molecule has 0 aromatic carbocycles. The number of hydrogen-bond donors (Lipinski definition) is 1. The first-order valence-corrected chi connectivity index (χ1v) is 8.60. The molecule has 8 nitrogen and oxygen atoms in total. The fourth-order valence-electron chi connectivity index (χ4n) is 2.90. The molecule has 1 N–H and O–H groups in total. The van der Waals surface area contributed by atoms with E-state index in [4.69, 9.17) is 9.84 Å². The van der Waals surface area contributed by atoms with Gasteiger partial charge in [-0.15, -0.1) is 0 Å². The molecule has 2 heterocycles. The van der Waals surface area contributed by atoms with E-state index >= 15 is 0 Å². The van der Waals surface area contributed by atoms with E-state index in [-0.39, 0.29) is 25.2 Å². The molecule has 0 fully saturated rings. The van der Waals surface area contributed by atoms with Crippen LogP contribution in [0.2, 0.25) is 0 Å². The molecule has 1 aromatic rings. The standard InChI is InChI=1S/C17H28N4O4/c1-6-20(9-10-22)15(23)14-12-7-8-21(11-13(12)19(5)18-14)16(24)25-17(2,3)4/h22H,6-11H2,1-5H3. The molecule has 0 bridgehead atoms. The number of hydrogen-bond acceptors (Lipinski definition) is 5. The number of ether oxygens (including phenoxy) is 1. The van der Waals surface area contributed by atoms with Gasteiger partial charge in [-0.3, -0.25) is 9.48 Å². The van der Waals surface area contributed by atoms with E-state index in [1.165, 1.54) is 0 Å². The third-order valence-corrected chi connectivity index (χ3v) is 4.14. The molecule has 2 amide bonds. The van der Waals surface area contributed by atoms with Crippen molar-refractivity contribution in [3.8, 4) is 0 Å². The van der Waals surface area contributed by atoms with E-state index in [2.05, 4.69) is 5.10 Å². The van der Waals surface area contributed by atoms with Crippen molar-refractivity contribution in [2.75, 3.05) is 26.2 Å². The van der Waals surface area contributed by atoms with E-state index in [0.29, 0.717) is 31.7 Å². The summed E-state index contributed by atoms with van der Waals surface area (Å²) in [4.78, 5) is 28.2. The van der Waals surface area contributed by atoms with Crippen molar-refractivity contribution < 1.29 is 19.4 Å². The fraction of sp³-hybridized carbons (Fsp3) is 0.706. The number of carbonyl (C=O) groups excluding carboxylic acids is 2. The van der Waals surface area contributed by atoms with Crippen molar-refractivity contribution in [3.63, 3.8) is 0 Å². The van der Waals surface area contributed by atoms with Gasteiger partial charge in [0.2, 0.25) is 0 Å². The highest BCUT2D eigenvalue weighted by Gasteiger charge is 2.32. The molecule has 1 aliphatic heterocycles. The minimum absolute atomic E-state index is 0.0823. The third-order valence-electron chi connectivity index (χ3n) is 4.14. The number of likely N-dealkylation sites (N-methyl/N-ethyl adjacent to an activating group) is 1. The Morgan fingerprint density at radius 1 is 1.36 bits per heavy atom. The van der Waals surface area contributed by atoms with Gasteiger partial charge in [-0.1, -0.05) is 0 Å². The Bertz CT molecular complexity index is 648. The summed E-state index contributed by atoms with van der Waals surface area (Å²) in [6.07, 6.45) is 0.197. The predicted molar refractivity (Wildman–Crippen MR) is 92.2 cm³/mol. The number of amides is 2. The molecule has 1 aromatic heterocycles. The highest BCUT2D eigenvalue weighted by Crippen LogP contribution is 2.24. The van der Waals surface area contributed by atoms with Crippen LogP contribution in [0.5, 0.6) is 0 Å². The molecule has 1 aliphatic rings. The zero-order chi connectivity index (χ0) is 18.8. The van der Waals surface area contributed by atoms with Gasteiger partial charge in [0.1, 0.15) is 5.60 Å². The number of aryl methyl sites for hydroxylation is 1. The fourth-order valence-corrected chi connectivity index (χ4v) is 2.90. The number of carbonyl (C=O) groups is 2. The first-order valence-electron chi connectivity index (χ1n) is 8.60. The average Bonchev–Trinajstić information content (AvgIpc) is 2.87. The minimum Gasteiger partial charge on any atom is -0.444 e. The van der Waals surface area contributed by atoms with Crippen molar-refractivity contribution in [2.24, 2.45) is 7.05 Å². The Kier molecular flexibility index (Phi) is 5.72. The Hall–Kier alpha value is -2.09. The van der Waals surface area contributed by atoms with Crippen LogP contribution in [-0.2, 0) is 24.8 Å². The molecule has 140 valence electrons. The summed E-state index contributed by atoms with van der Waals surface area (Å²) in [5.41, 5.74) is 1.59. The lowest BCUT2D eigenvalue weighted by molar-refractivity contribution is 0.0219. The van der Waals surface area contributed by atoms with E-state index in [9.17, 15) is 9.59 Å². The van der Waals surface area contributed by atoms with Crippen LogP contribution < -0.4 is 0 Å². The number of aromatic nitrogens is 2. The summed E-state index contributed by atoms with van der Waals surface area (Å²) in [5, 5.41) is 13.5. The zero-order valence-electron chi connectivity index (χ0n) is 15.7. The minimum atomic E-state index is -0.545. The Balaban J connectivity index is 2.21. The van der Waals surface area contributed by atoms with Crippen LogP contribution in [0, 0.1) is 0 Å². The van der Waals surface area contributed by atoms with Crippen LogP contribution in [-0.4, -0.2) is 68.5 Å². The van der Waals surface area contributed by atoms with E-state index in [0.717, 1.165) is 11.3 Å². The van der Waals surface area contributed by atoms with Crippen LogP contribution >= 0.6 is 0 Å². The van der Waals surface area contributed by atoms with Gasteiger partial charge in [-0.25, -0.2) is 4.79 Å². The van der Waals surface area contributed by atoms with Crippen LogP contribution in [0.25, 0.3) is 0 Å². The number of fused-ring (bicyclic) bond motifs is 1. The molecular formula is C17H28N4O4. The van der Waals surface area contributed by atoms with Crippen LogP contribution in [0.1, 0.15) is 49.4 Å². The lowest BCUT2D eigenvalue weighted by Gasteiger charge is -2.30. The molecule has 0 radical (unpaired) electrons. The van der Waals surface area contributed by atoms with Gasteiger partial charge in [-0.2, -0.15) is 5.10 Å². The monoisotopic (exact) mass is 352 g/mol. The molecule has 0 unspecified atom stereocenters. The lowest BCUT2D eigenvalue weighted by Crippen LogP contribution is -2.40. The molecule has 0 saturated heterocycles. The predicted octanol–water partition coefficient (Wildman–Crippen LogP) is 1.17. The Morgan fingerprint density at radius 3 is 2.60 bits per heavy atom. The first kappa shape index (κ1) is 19.2. The molecule has 0 saturated carbocycles. The van der Waals surface area contributed by atoms with Gasteiger partial charge in [0.05, 0.1) is 18.8 Å². The van der Waals surface area contributed by atoms with Gasteiger partial charge < -0.3 is 19.6 Å². The Morgan fingerprint density at radius 2 is 2.04 bits per heavy atom. The van der Waals surface area contributed by atoms with Crippen molar-refractivity contribution >= 4 is 12.0 Å². The van der Waals surface area contributed by atoms with Crippen molar-refractivity contribution in [1.82, 2.24) is 19.6 Å². The first-order chi connectivity index (χ1) is 11.7. The number of aliphatic hydroxyl groups is 1. The number of nitrogens with zero attached hydrogens (tertiary/aromatic N) is 4. The molecule has 0 atom stereocenters. The molecule has 0 aliphatic carbocycles. The third kappa shape index (κ3) is 4.31. The van der Waals surface area contributed by atoms with Crippen molar-refractivity contribution in [2.45, 2.75) is 46.3 Å². The maximum Gasteiger partial charge on any atom is 0.410 e. The van der Waals surface area contributed by atoms with E-state index in [1.54, 1.807) is 21.5 Å². The second-order valence-corrected chi connectivity index (χ2v) is 7.16. The Labute approximate surface area is 148 Å². The van der Waals surface area contributed by atoms with E-state index in [1.807, 2.05) is 27.7 Å². The van der Waals surface area contributed by atoms with Gasteiger partial charge >= 0.3 is 6.09 Å². The number of aliphatic hydroxyl groups excluding tert-OH is 1. The summed E-state index contributed by atoms with van der Waals surface area (Å²) < 4.78 is 7.09. The molecule has 2 rings (SSSR count). The van der Waals surface area contributed by atoms with Gasteiger partial charge in [0.15, 0.2) is 5.69 Å². The number of rotatable bonds is 4.